The van der Waals surface area contributed by atoms with E-state index < -0.39 is 6.10 Å². The van der Waals surface area contributed by atoms with Crippen molar-refractivity contribution in [3.05, 3.63) is 59.1 Å². The number of carbonyl (C=O) groups is 2. The Bertz CT molecular complexity index is 833. The molecule has 1 atom stereocenters. The van der Waals surface area contributed by atoms with Crippen molar-refractivity contribution in [3.8, 4) is 11.5 Å². The van der Waals surface area contributed by atoms with Crippen molar-refractivity contribution in [2.45, 2.75) is 31.9 Å². The molecule has 2 aromatic rings. The molecule has 1 unspecified atom stereocenters. The van der Waals surface area contributed by atoms with Crippen molar-refractivity contribution in [3.63, 3.8) is 0 Å². The summed E-state index contributed by atoms with van der Waals surface area (Å²) in [6, 6.07) is 13.4. The Morgan fingerprint density at radius 1 is 1.14 bits per heavy atom. The van der Waals surface area contributed by atoms with Crippen LogP contribution in [-0.2, 0) is 4.79 Å². The largest absolute Gasteiger partial charge is 0.507 e. The maximum absolute atomic E-state index is 12.5. The highest BCUT2D eigenvalue weighted by atomic mass is 35.5. The molecule has 2 N–H and O–H groups in total. The second-order valence-electron chi connectivity index (χ2n) is 6.81. The third-order valence-corrected chi connectivity index (χ3v) is 5.01. The Balaban J connectivity index is 1.48. The molecule has 2 aromatic carbocycles. The van der Waals surface area contributed by atoms with E-state index in [4.69, 9.17) is 16.3 Å². The first kappa shape index (κ1) is 20.0. The summed E-state index contributed by atoms with van der Waals surface area (Å²) in [6.07, 6.45) is 0.666. The molecule has 1 saturated heterocycles. The Hall–Kier alpha value is -2.73. The van der Waals surface area contributed by atoms with Gasteiger partial charge in [0.05, 0.1) is 5.56 Å². The lowest BCUT2D eigenvalue weighted by atomic mass is 10.0. The van der Waals surface area contributed by atoms with Gasteiger partial charge in [-0.15, -0.1) is 0 Å². The fourth-order valence-electron chi connectivity index (χ4n) is 3.14. The second kappa shape index (κ2) is 8.97. The van der Waals surface area contributed by atoms with Crippen molar-refractivity contribution < 1.29 is 19.4 Å². The molecule has 0 aromatic heterocycles. The van der Waals surface area contributed by atoms with Crippen LogP contribution in [0, 0.1) is 0 Å². The third-order valence-electron chi connectivity index (χ3n) is 4.76. The molecule has 28 heavy (non-hydrogen) atoms. The number of piperidine rings is 1. The van der Waals surface area contributed by atoms with Crippen LogP contribution in [-0.4, -0.2) is 47.1 Å². The molecule has 2 amide bonds. The van der Waals surface area contributed by atoms with E-state index in [9.17, 15) is 14.7 Å². The summed E-state index contributed by atoms with van der Waals surface area (Å²) in [5.74, 6) is 0.175. The van der Waals surface area contributed by atoms with E-state index in [1.54, 1.807) is 54.3 Å². The Morgan fingerprint density at radius 2 is 1.79 bits per heavy atom. The van der Waals surface area contributed by atoms with Crippen LogP contribution < -0.4 is 10.1 Å². The topological polar surface area (TPSA) is 78.9 Å². The summed E-state index contributed by atoms with van der Waals surface area (Å²) < 4.78 is 5.64. The van der Waals surface area contributed by atoms with Crippen LogP contribution in [0.2, 0.25) is 5.02 Å². The number of rotatable bonds is 5. The van der Waals surface area contributed by atoms with E-state index in [1.165, 1.54) is 6.07 Å². The normalized spacial score (nSPS) is 15.7. The van der Waals surface area contributed by atoms with Crippen LogP contribution in [0.4, 0.5) is 0 Å². The predicted molar refractivity (Wildman–Crippen MR) is 107 cm³/mol. The monoisotopic (exact) mass is 402 g/mol. The molecular weight excluding hydrogens is 380 g/mol. The van der Waals surface area contributed by atoms with E-state index in [1.807, 2.05) is 0 Å². The zero-order chi connectivity index (χ0) is 20.1. The van der Waals surface area contributed by atoms with Gasteiger partial charge in [-0.05, 0) is 56.2 Å². The van der Waals surface area contributed by atoms with Gasteiger partial charge in [-0.3, -0.25) is 9.59 Å². The van der Waals surface area contributed by atoms with Crippen LogP contribution in [0.3, 0.4) is 0 Å². The lowest BCUT2D eigenvalue weighted by Crippen LogP contribution is -2.49. The second-order valence-corrected chi connectivity index (χ2v) is 7.24. The molecule has 1 aliphatic rings. The Morgan fingerprint density at radius 3 is 2.43 bits per heavy atom. The quantitative estimate of drug-likeness (QED) is 0.804. The van der Waals surface area contributed by atoms with E-state index in [-0.39, 0.29) is 23.6 Å². The van der Waals surface area contributed by atoms with Gasteiger partial charge < -0.3 is 20.1 Å². The van der Waals surface area contributed by atoms with Crippen molar-refractivity contribution >= 4 is 23.4 Å². The number of para-hydroxylation sites is 1. The lowest BCUT2D eigenvalue weighted by Gasteiger charge is -2.33. The number of benzene rings is 2. The number of nitrogens with one attached hydrogen (secondary N) is 1. The lowest BCUT2D eigenvalue weighted by molar-refractivity contribution is -0.128. The summed E-state index contributed by atoms with van der Waals surface area (Å²) in [4.78, 5) is 26.6. The average molecular weight is 403 g/mol. The molecule has 6 nitrogen and oxygen atoms in total. The number of phenols is 1. The summed E-state index contributed by atoms with van der Waals surface area (Å²) >= 11 is 5.84. The van der Waals surface area contributed by atoms with Crippen LogP contribution in [0.5, 0.6) is 11.5 Å². The average Bonchev–Trinajstić information content (AvgIpc) is 2.70. The Labute approximate surface area is 169 Å². The molecule has 0 saturated carbocycles. The van der Waals surface area contributed by atoms with E-state index in [0.717, 1.165) is 0 Å². The summed E-state index contributed by atoms with van der Waals surface area (Å²) in [5.41, 5.74) is 0.301. The zero-order valence-electron chi connectivity index (χ0n) is 15.6. The van der Waals surface area contributed by atoms with E-state index in [0.29, 0.717) is 42.3 Å². The van der Waals surface area contributed by atoms with Crippen LogP contribution in [0.15, 0.2) is 48.5 Å². The molecule has 0 spiro atoms. The molecule has 1 heterocycles. The molecule has 7 heteroatoms. The maximum atomic E-state index is 12.5. The fourth-order valence-corrected chi connectivity index (χ4v) is 3.27. The number of likely N-dealkylation sites (tertiary alicyclic amines) is 1. The standard InChI is InChI=1S/C21H23ClN2O4/c1-14(28-17-8-6-15(22)7-9-17)20(26)23-16-10-12-24(13-11-16)21(27)18-4-2-3-5-19(18)25/h2-9,14,16,25H,10-13H2,1H3,(H,23,26). The number of carbonyl (C=O) groups excluding carboxylic acids is 2. The van der Waals surface area contributed by atoms with Crippen LogP contribution >= 0.6 is 11.6 Å². The molecule has 0 bridgehead atoms. The number of amides is 2. The highest BCUT2D eigenvalue weighted by molar-refractivity contribution is 6.30. The van der Waals surface area contributed by atoms with Crippen molar-refractivity contribution in [2.75, 3.05) is 13.1 Å². The molecule has 0 radical (unpaired) electrons. The van der Waals surface area contributed by atoms with Gasteiger partial charge in [0.25, 0.3) is 11.8 Å². The van der Waals surface area contributed by atoms with Gasteiger partial charge in [0.15, 0.2) is 6.10 Å². The number of aromatic hydroxyl groups is 1. The highest BCUT2D eigenvalue weighted by Gasteiger charge is 2.27. The number of halogens is 1. The third kappa shape index (κ3) is 4.95. The summed E-state index contributed by atoms with van der Waals surface area (Å²) in [7, 11) is 0. The van der Waals surface area contributed by atoms with E-state index >= 15 is 0 Å². The minimum atomic E-state index is -0.637. The SMILES string of the molecule is CC(Oc1ccc(Cl)cc1)C(=O)NC1CCN(C(=O)c2ccccc2O)CC1. The van der Waals surface area contributed by atoms with E-state index in [2.05, 4.69) is 5.32 Å². The van der Waals surface area contributed by atoms with Gasteiger partial charge in [-0.2, -0.15) is 0 Å². The van der Waals surface area contributed by atoms with Gasteiger partial charge in [0, 0.05) is 24.2 Å². The predicted octanol–water partition coefficient (Wildman–Crippen LogP) is 3.23. The van der Waals surface area contributed by atoms with Gasteiger partial charge in [-0.25, -0.2) is 0 Å². The van der Waals surface area contributed by atoms with Crippen LogP contribution in [0.25, 0.3) is 0 Å². The van der Waals surface area contributed by atoms with Gasteiger partial charge in [-0.1, -0.05) is 23.7 Å². The number of phenolic OH excluding ortho intramolecular Hbond substituents is 1. The molecule has 1 fully saturated rings. The number of hydrogen-bond acceptors (Lipinski definition) is 4. The molecule has 148 valence electrons. The first-order valence-corrected chi connectivity index (χ1v) is 9.61. The van der Waals surface area contributed by atoms with Crippen molar-refractivity contribution in [2.24, 2.45) is 0 Å². The Kier molecular flexibility index (Phi) is 6.41. The molecule has 3 rings (SSSR count). The molecule has 1 aliphatic heterocycles. The first-order valence-electron chi connectivity index (χ1n) is 9.24. The maximum Gasteiger partial charge on any atom is 0.260 e. The summed E-state index contributed by atoms with van der Waals surface area (Å²) in [5, 5.41) is 13.4. The van der Waals surface area contributed by atoms with Gasteiger partial charge in [0.2, 0.25) is 0 Å². The highest BCUT2D eigenvalue weighted by Crippen LogP contribution is 2.21. The molecular formula is C21H23ClN2O4. The minimum absolute atomic E-state index is 0.0165. The zero-order valence-corrected chi connectivity index (χ0v) is 16.4. The minimum Gasteiger partial charge on any atom is -0.507 e. The van der Waals surface area contributed by atoms with Gasteiger partial charge in [0.1, 0.15) is 11.5 Å². The van der Waals surface area contributed by atoms with Gasteiger partial charge >= 0.3 is 0 Å². The first-order chi connectivity index (χ1) is 13.4. The number of nitrogens with zero attached hydrogens (tertiary/aromatic N) is 1. The molecule has 0 aliphatic carbocycles. The number of ether oxygens (including phenoxy) is 1. The van der Waals surface area contributed by atoms with Crippen molar-refractivity contribution in [1.29, 1.82) is 0 Å². The number of hydrogen-bond donors (Lipinski definition) is 2. The fraction of sp³-hybridized carbons (Fsp3) is 0.333. The smallest absolute Gasteiger partial charge is 0.260 e. The van der Waals surface area contributed by atoms with Crippen LogP contribution in [0.1, 0.15) is 30.1 Å². The van der Waals surface area contributed by atoms with Crippen molar-refractivity contribution in [1.82, 2.24) is 10.2 Å². The summed E-state index contributed by atoms with van der Waals surface area (Å²) in [6.45, 7) is 2.73.